The number of nitrogens with one attached hydrogen (secondary N) is 2. The predicted octanol–water partition coefficient (Wildman–Crippen LogP) is 4.16. The summed E-state index contributed by atoms with van der Waals surface area (Å²) >= 11 is 0. The van der Waals surface area contributed by atoms with Crippen LogP contribution in [0.4, 0.5) is 8.78 Å². The minimum atomic E-state index is -2.52. The van der Waals surface area contributed by atoms with Crippen molar-refractivity contribution in [3.05, 3.63) is 54.1 Å². The van der Waals surface area contributed by atoms with Gasteiger partial charge in [-0.1, -0.05) is 24.3 Å². The van der Waals surface area contributed by atoms with Crippen molar-refractivity contribution in [3.8, 4) is 11.4 Å². The number of hydrogen-bond donors (Lipinski definition) is 2. The van der Waals surface area contributed by atoms with E-state index in [1.54, 1.807) is 4.90 Å². The monoisotopic (exact) mass is 338 g/mol. The molecule has 0 aliphatic carbocycles. The van der Waals surface area contributed by atoms with Crippen molar-refractivity contribution in [1.82, 2.24) is 20.1 Å². The molecule has 4 aromatic rings. The number of aromatic nitrogens is 3. The molecule has 0 amide bonds. The average Bonchev–Trinajstić information content (AvgIpc) is 3.16. The van der Waals surface area contributed by atoms with Crippen LogP contribution in [0.2, 0.25) is 0 Å². The smallest absolute Gasteiger partial charge is 0.272 e. The van der Waals surface area contributed by atoms with Gasteiger partial charge in [0.1, 0.15) is 5.69 Å². The molecule has 25 heavy (non-hydrogen) atoms. The lowest BCUT2D eigenvalue weighted by Gasteiger charge is -2.38. The zero-order valence-corrected chi connectivity index (χ0v) is 13.4. The molecule has 0 bridgehead atoms. The second-order valence-electron chi connectivity index (χ2n) is 6.72. The van der Waals surface area contributed by atoms with Crippen LogP contribution in [0.3, 0.4) is 0 Å². The molecule has 0 radical (unpaired) electrons. The van der Waals surface area contributed by atoms with Gasteiger partial charge in [-0.2, -0.15) is 5.10 Å². The van der Waals surface area contributed by atoms with Crippen LogP contribution in [0.1, 0.15) is 5.56 Å². The number of aromatic amines is 2. The molecule has 1 aliphatic heterocycles. The Morgan fingerprint density at radius 3 is 2.72 bits per heavy atom. The fourth-order valence-corrected chi connectivity index (χ4v) is 3.55. The maximum absolute atomic E-state index is 13.0. The molecular weight excluding hydrogens is 322 g/mol. The lowest BCUT2D eigenvalue weighted by Crippen LogP contribution is -2.55. The Labute approximate surface area is 142 Å². The van der Waals surface area contributed by atoms with Crippen molar-refractivity contribution in [1.29, 1.82) is 0 Å². The fourth-order valence-electron chi connectivity index (χ4n) is 3.55. The zero-order chi connectivity index (χ0) is 17.0. The summed E-state index contributed by atoms with van der Waals surface area (Å²) < 4.78 is 26.0. The first kappa shape index (κ1) is 14.6. The van der Waals surface area contributed by atoms with Crippen LogP contribution in [-0.4, -0.2) is 39.1 Å². The van der Waals surface area contributed by atoms with Crippen LogP contribution in [-0.2, 0) is 6.54 Å². The number of hydrogen-bond acceptors (Lipinski definition) is 2. The van der Waals surface area contributed by atoms with Gasteiger partial charge >= 0.3 is 0 Å². The minimum Gasteiger partial charge on any atom is -0.353 e. The summed E-state index contributed by atoms with van der Waals surface area (Å²) in [6.07, 6.45) is 0. The Kier molecular flexibility index (Phi) is 3.00. The van der Waals surface area contributed by atoms with Crippen molar-refractivity contribution < 1.29 is 8.78 Å². The van der Waals surface area contributed by atoms with E-state index in [0.29, 0.717) is 6.54 Å². The van der Waals surface area contributed by atoms with Crippen molar-refractivity contribution >= 4 is 21.8 Å². The maximum Gasteiger partial charge on any atom is 0.272 e. The van der Waals surface area contributed by atoms with E-state index >= 15 is 0 Å². The largest absolute Gasteiger partial charge is 0.353 e. The third kappa shape index (κ3) is 2.49. The number of para-hydroxylation sites is 1. The Hall–Kier alpha value is -2.73. The van der Waals surface area contributed by atoms with Gasteiger partial charge < -0.3 is 4.98 Å². The Bertz CT molecular complexity index is 1070. The van der Waals surface area contributed by atoms with E-state index in [9.17, 15) is 8.78 Å². The van der Waals surface area contributed by atoms with Crippen molar-refractivity contribution in [3.63, 3.8) is 0 Å². The second-order valence-corrected chi connectivity index (χ2v) is 6.72. The molecule has 1 fully saturated rings. The number of rotatable bonds is 3. The first-order chi connectivity index (χ1) is 12.1. The van der Waals surface area contributed by atoms with Crippen LogP contribution in [0, 0.1) is 0 Å². The number of H-pyrrole nitrogens is 2. The topological polar surface area (TPSA) is 47.7 Å². The summed E-state index contributed by atoms with van der Waals surface area (Å²) in [6.45, 7) is 0.253. The molecule has 126 valence electrons. The molecule has 2 aromatic heterocycles. The molecular formula is C19H16F2N4. The third-order valence-electron chi connectivity index (χ3n) is 4.73. The average molecular weight is 338 g/mol. The lowest BCUT2D eigenvalue weighted by molar-refractivity contribution is -0.133. The van der Waals surface area contributed by atoms with Crippen LogP contribution >= 0.6 is 0 Å². The first-order valence-electron chi connectivity index (χ1n) is 8.23. The molecule has 5 rings (SSSR count). The summed E-state index contributed by atoms with van der Waals surface area (Å²) in [7, 11) is 0. The number of nitrogens with zero attached hydrogens (tertiary/aromatic N) is 2. The summed E-state index contributed by atoms with van der Waals surface area (Å²) in [5.74, 6) is -2.52. The highest BCUT2D eigenvalue weighted by atomic mass is 19.3. The van der Waals surface area contributed by atoms with Crippen molar-refractivity contribution in [2.24, 2.45) is 0 Å². The quantitative estimate of drug-likeness (QED) is 0.589. The Morgan fingerprint density at radius 2 is 1.88 bits per heavy atom. The van der Waals surface area contributed by atoms with Gasteiger partial charge in [-0.3, -0.25) is 10.00 Å². The number of halogens is 2. The van der Waals surface area contributed by atoms with Gasteiger partial charge in [-0.25, -0.2) is 8.78 Å². The fraction of sp³-hybridized carbons (Fsp3) is 0.211. The molecule has 2 aromatic carbocycles. The second kappa shape index (κ2) is 5.13. The maximum atomic E-state index is 13.0. The third-order valence-corrected chi connectivity index (χ3v) is 4.73. The number of alkyl halides is 2. The minimum absolute atomic E-state index is 0.150. The van der Waals surface area contributed by atoms with Gasteiger partial charge in [-0.05, 0) is 29.8 Å². The van der Waals surface area contributed by atoms with Gasteiger partial charge in [0.2, 0.25) is 0 Å². The van der Waals surface area contributed by atoms with E-state index in [1.807, 2.05) is 36.4 Å². The highest BCUT2D eigenvalue weighted by Crippen LogP contribution is 2.31. The molecule has 6 heteroatoms. The zero-order valence-electron chi connectivity index (χ0n) is 13.4. The highest BCUT2D eigenvalue weighted by Gasteiger charge is 2.43. The van der Waals surface area contributed by atoms with E-state index in [0.717, 1.165) is 38.8 Å². The van der Waals surface area contributed by atoms with Gasteiger partial charge in [0.15, 0.2) is 0 Å². The molecule has 3 heterocycles. The molecule has 1 saturated heterocycles. The van der Waals surface area contributed by atoms with Gasteiger partial charge in [-0.15, -0.1) is 0 Å². The molecule has 0 atom stereocenters. The highest BCUT2D eigenvalue weighted by molar-refractivity contribution is 5.95. The van der Waals surface area contributed by atoms with Crippen LogP contribution in [0.15, 0.2) is 48.5 Å². The normalized spacial score (nSPS) is 17.2. The predicted molar refractivity (Wildman–Crippen MR) is 93.6 cm³/mol. The van der Waals surface area contributed by atoms with Crippen LogP contribution in [0.25, 0.3) is 33.2 Å². The van der Waals surface area contributed by atoms with Crippen molar-refractivity contribution in [2.75, 3.05) is 13.1 Å². The van der Waals surface area contributed by atoms with Crippen LogP contribution in [0.5, 0.6) is 0 Å². The number of benzene rings is 2. The molecule has 0 saturated carbocycles. The standard InChI is InChI=1S/C19H16F2N4/c20-19(21)10-25(11-19)9-12-5-6-15-13(7-12)8-17(22-15)18-14-3-1-2-4-16(14)23-24-18/h1-8,22H,9-11H2,(H,23,24). The molecule has 0 spiro atoms. The Morgan fingerprint density at radius 1 is 1.04 bits per heavy atom. The van der Waals surface area contributed by atoms with E-state index in [4.69, 9.17) is 0 Å². The van der Waals surface area contributed by atoms with E-state index in [1.165, 1.54) is 0 Å². The molecule has 1 aliphatic rings. The number of fused-ring (bicyclic) bond motifs is 2. The van der Waals surface area contributed by atoms with Gasteiger partial charge in [0.25, 0.3) is 5.92 Å². The lowest BCUT2D eigenvalue weighted by atomic mass is 10.1. The van der Waals surface area contributed by atoms with Gasteiger partial charge in [0, 0.05) is 22.8 Å². The Balaban J connectivity index is 1.47. The molecule has 4 nitrogen and oxygen atoms in total. The number of likely N-dealkylation sites (tertiary alicyclic amines) is 1. The summed E-state index contributed by atoms with van der Waals surface area (Å²) in [5, 5.41) is 9.59. The summed E-state index contributed by atoms with van der Waals surface area (Å²) in [5.41, 5.74) is 4.88. The first-order valence-corrected chi connectivity index (χ1v) is 8.23. The van der Waals surface area contributed by atoms with Gasteiger partial charge in [0.05, 0.1) is 24.3 Å². The van der Waals surface area contributed by atoms with Crippen molar-refractivity contribution in [2.45, 2.75) is 12.5 Å². The molecule has 0 unspecified atom stereocenters. The summed E-state index contributed by atoms with van der Waals surface area (Å²) in [4.78, 5) is 5.16. The SMILES string of the molecule is FC1(F)CN(Cc2ccc3[nH]c(-c4n[nH]c5ccccc45)cc3c2)C1. The summed E-state index contributed by atoms with van der Waals surface area (Å²) in [6, 6.07) is 16.1. The van der Waals surface area contributed by atoms with E-state index < -0.39 is 5.92 Å². The van der Waals surface area contributed by atoms with Crippen LogP contribution < -0.4 is 0 Å². The van der Waals surface area contributed by atoms with E-state index in [2.05, 4.69) is 27.3 Å². The molecule has 2 N–H and O–H groups in total. The van der Waals surface area contributed by atoms with E-state index in [-0.39, 0.29) is 13.1 Å².